The number of amides is 1. The molecule has 0 aliphatic rings. The van der Waals surface area contributed by atoms with E-state index in [1.165, 1.54) is 0 Å². The van der Waals surface area contributed by atoms with E-state index >= 15 is 0 Å². The van der Waals surface area contributed by atoms with Crippen LogP contribution in [0.4, 0.5) is 5.69 Å². The fourth-order valence-electron chi connectivity index (χ4n) is 2.28. The molecule has 2 rings (SSSR count). The van der Waals surface area contributed by atoms with Crippen molar-refractivity contribution in [1.82, 2.24) is 10.3 Å². The van der Waals surface area contributed by atoms with E-state index in [0.29, 0.717) is 12.8 Å². The zero-order valence-corrected chi connectivity index (χ0v) is 16.6. The van der Waals surface area contributed by atoms with Crippen molar-refractivity contribution in [1.29, 1.82) is 0 Å². The van der Waals surface area contributed by atoms with Crippen LogP contribution in [0, 0.1) is 6.92 Å². The fourth-order valence-corrected chi connectivity index (χ4v) is 3.27. The number of hydrogen-bond donors (Lipinski definition) is 2. The number of aromatic nitrogens is 1. The molecule has 2 aromatic rings. The lowest BCUT2D eigenvalue weighted by Gasteiger charge is -2.27. The molecule has 1 aromatic heterocycles. The standard InChI is InChI=1S/C17H23N3OS.2ClH/c1-4-17(3,16-19-12(2)11-22-16)20-15(21)10-9-13-7-5-6-8-14(13)18;;/h5-8,11H,4,9-10,18H2,1-3H3,(H,20,21);2*1H. The molecule has 1 amide bonds. The summed E-state index contributed by atoms with van der Waals surface area (Å²) in [6.45, 7) is 6.06. The van der Waals surface area contributed by atoms with Crippen LogP contribution in [0.5, 0.6) is 0 Å². The first-order valence-electron chi connectivity index (χ1n) is 7.51. The lowest BCUT2D eigenvalue weighted by molar-refractivity contribution is -0.123. The van der Waals surface area contributed by atoms with Crippen LogP contribution in [-0.4, -0.2) is 10.9 Å². The molecule has 0 bridgehead atoms. The second kappa shape index (κ2) is 9.87. The molecule has 1 aromatic carbocycles. The maximum absolute atomic E-state index is 12.3. The Balaban J connectivity index is 0.00000264. The summed E-state index contributed by atoms with van der Waals surface area (Å²) >= 11 is 1.59. The van der Waals surface area contributed by atoms with E-state index in [-0.39, 0.29) is 30.7 Å². The Kier molecular flexibility index (Phi) is 9.33. The molecule has 0 saturated carbocycles. The molecular formula is C17H25Cl2N3OS. The third kappa shape index (κ3) is 5.65. The van der Waals surface area contributed by atoms with Crippen molar-refractivity contribution in [3.63, 3.8) is 0 Å². The Labute approximate surface area is 160 Å². The molecule has 3 N–H and O–H groups in total. The third-order valence-electron chi connectivity index (χ3n) is 3.89. The van der Waals surface area contributed by atoms with Crippen LogP contribution in [0.25, 0.3) is 0 Å². The molecule has 4 nitrogen and oxygen atoms in total. The van der Waals surface area contributed by atoms with Crippen LogP contribution in [0.3, 0.4) is 0 Å². The summed E-state index contributed by atoms with van der Waals surface area (Å²) in [5.41, 5.74) is 8.26. The van der Waals surface area contributed by atoms with Gasteiger partial charge in [0.15, 0.2) is 0 Å². The summed E-state index contributed by atoms with van der Waals surface area (Å²) in [4.78, 5) is 16.8. The lowest BCUT2D eigenvalue weighted by Crippen LogP contribution is -2.43. The topological polar surface area (TPSA) is 68.0 Å². The van der Waals surface area contributed by atoms with Crippen molar-refractivity contribution in [3.05, 3.63) is 45.9 Å². The van der Waals surface area contributed by atoms with Crippen LogP contribution in [0.15, 0.2) is 29.6 Å². The van der Waals surface area contributed by atoms with Gasteiger partial charge in [-0.25, -0.2) is 4.98 Å². The first-order chi connectivity index (χ1) is 10.4. The van der Waals surface area contributed by atoms with Crippen molar-refractivity contribution in [2.45, 2.75) is 45.6 Å². The molecular weight excluding hydrogens is 365 g/mol. The van der Waals surface area contributed by atoms with E-state index in [2.05, 4.69) is 17.2 Å². The number of hydrogen-bond acceptors (Lipinski definition) is 4. The van der Waals surface area contributed by atoms with E-state index < -0.39 is 5.54 Å². The molecule has 7 heteroatoms. The Morgan fingerprint density at radius 1 is 1.33 bits per heavy atom. The van der Waals surface area contributed by atoms with E-state index in [4.69, 9.17) is 5.73 Å². The number of nitrogens with one attached hydrogen (secondary N) is 1. The third-order valence-corrected chi connectivity index (χ3v) is 5.11. The highest BCUT2D eigenvalue weighted by molar-refractivity contribution is 7.09. The number of halogens is 2. The summed E-state index contributed by atoms with van der Waals surface area (Å²) < 4.78 is 0. The summed E-state index contributed by atoms with van der Waals surface area (Å²) in [7, 11) is 0. The van der Waals surface area contributed by atoms with Gasteiger partial charge in [-0.1, -0.05) is 25.1 Å². The van der Waals surface area contributed by atoms with Gasteiger partial charge in [0.1, 0.15) is 5.01 Å². The quantitative estimate of drug-likeness (QED) is 0.725. The molecule has 0 fully saturated rings. The van der Waals surface area contributed by atoms with Crippen LogP contribution in [0.1, 0.15) is 43.0 Å². The Bertz CT molecular complexity index is 663. The van der Waals surface area contributed by atoms with E-state index in [1.807, 2.05) is 43.5 Å². The van der Waals surface area contributed by atoms with Crippen molar-refractivity contribution in [2.75, 3.05) is 5.73 Å². The van der Waals surface area contributed by atoms with Crippen molar-refractivity contribution in [2.24, 2.45) is 0 Å². The SMILES string of the molecule is CCC(C)(NC(=O)CCc1ccccc1N)c1nc(C)cs1.Cl.Cl. The Hall–Kier alpha value is -1.30. The lowest BCUT2D eigenvalue weighted by atomic mass is 9.99. The van der Waals surface area contributed by atoms with Gasteiger partial charge in [-0.3, -0.25) is 4.79 Å². The normalized spacial score (nSPS) is 12.5. The van der Waals surface area contributed by atoms with Gasteiger partial charge >= 0.3 is 0 Å². The molecule has 0 spiro atoms. The number of para-hydroxylation sites is 1. The Morgan fingerprint density at radius 3 is 2.54 bits per heavy atom. The number of carbonyl (C=O) groups excluding carboxylic acids is 1. The van der Waals surface area contributed by atoms with Crippen LogP contribution in [0.2, 0.25) is 0 Å². The second-order valence-corrected chi connectivity index (χ2v) is 6.58. The number of anilines is 1. The minimum absolute atomic E-state index is 0. The van der Waals surface area contributed by atoms with E-state index in [9.17, 15) is 4.79 Å². The number of thiazole rings is 1. The van der Waals surface area contributed by atoms with E-state index in [1.54, 1.807) is 11.3 Å². The number of nitrogens with two attached hydrogens (primary N) is 1. The molecule has 0 saturated heterocycles. The molecule has 134 valence electrons. The number of nitrogen functional groups attached to an aromatic ring is 1. The maximum atomic E-state index is 12.3. The number of rotatable bonds is 6. The molecule has 1 heterocycles. The number of nitrogens with zero attached hydrogens (tertiary/aromatic N) is 1. The molecule has 24 heavy (non-hydrogen) atoms. The molecule has 0 aliphatic carbocycles. The molecule has 1 atom stereocenters. The summed E-state index contributed by atoms with van der Waals surface area (Å²) in [6.07, 6.45) is 1.88. The molecule has 0 aliphatic heterocycles. The average Bonchev–Trinajstić information content (AvgIpc) is 2.93. The van der Waals surface area contributed by atoms with Crippen molar-refractivity contribution >= 4 is 47.7 Å². The maximum Gasteiger partial charge on any atom is 0.221 e. The summed E-state index contributed by atoms with van der Waals surface area (Å²) in [5, 5.41) is 6.10. The summed E-state index contributed by atoms with van der Waals surface area (Å²) in [5.74, 6) is 0.0282. The zero-order chi connectivity index (χ0) is 16.2. The highest BCUT2D eigenvalue weighted by atomic mass is 35.5. The number of aryl methyl sites for hydroxylation is 2. The van der Waals surface area contributed by atoms with E-state index in [0.717, 1.165) is 28.4 Å². The van der Waals surface area contributed by atoms with Crippen LogP contribution >= 0.6 is 36.2 Å². The minimum Gasteiger partial charge on any atom is -0.399 e. The highest BCUT2D eigenvalue weighted by Gasteiger charge is 2.29. The van der Waals surface area contributed by atoms with Gasteiger partial charge in [-0.05, 0) is 38.3 Å². The first-order valence-corrected chi connectivity index (χ1v) is 8.39. The van der Waals surface area contributed by atoms with Crippen molar-refractivity contribution in [3.8, 4) is 0 Å². The first kappa shape index (κ1) is 22.7. The minimum atomic E-state index is -0.405. The van der Waals surface area contributed by atoms with Gasteiger partial charge in [-0.15, -0.1) is 36.2 Å². The van der Waals surface area contributed by atoms with Gasteiger partial charge in [0.2, 0.25) is 5.91 Å². The van der Waals surface area contributed by atoms with Gasteiger partial charge < -0.3 is 11.1 Å². The van der Waals surface area contributed by atoms with Gasteiger partial charge in [0.05, 0.1) is 5.54 Å². The fraction of sp³-hybridized carbons (Fsp3) is 0.412. The predicted molar refractivity (Wildman–Crippen MR) is 106 cm³/mol. The predicted octanol–water partition coefficient (Wildman–Crippen LogP) is 4.25. The zero-order valence-electron chi connectivity index (χ0n) is 14.2. The monoisotopic (exact) mass is 389 g/mol. The van der Waals surface area contributed by atoms with Gasteiger partial charge in [0.25, 0.3) is 0 Å². The molecule has 0 radical (unpaired) electrons. The van der Waals surface area contributed by atoms with Gasteiger partial charge in [0, 0.05) is 23.2 Å². The van der Waals surface area contributed by atoms with Crippen molar-refractivity contribution < 1.29 is 4.79 Å². The highest BCUT2D eigenvalue weighted by Crippen LogP contribution is 2.27. The summed E-state index contributed by atoms with van der Waals surface area (Å²) in [6, 6.07) is 7.67. The average molecular weight is 390 g/mol. The van der Waals surface area contributed by atoms with Crippen LogP contribution < -0.4 is 11.1 Å². The Morgan fingerprint density at radius 2 is 2.00 bits per heavy atom. The molecule has 1 unspecified atom stereocenters. The van der Waals surface area contributed by atoms with Gasteiger partial charge in [-0.2, -0.15) is 0 Å². The number of benzene rings is 1. The number of carbonyl (C=O) groups is 1. The van der Waals surface area contributed by atoms with Crippen LogP contribution in [-0.2, 0) is 16.8 Å². The second-order valence-electron chi connectivity index (χ2n) is 5.73. The largest absolute Gasteiger partial charge is 0.399 e. The smallest absolute Gasteiger partial charge is 0.221 e.